The van der Waals surface area contributed by atoms with Crippen LogP contribution < -0.4 is 0 Å². The average Bonchev–Trinajstić information content (AvgIpc) is 2.27. The highest BCUT2D eigenvalue weighted by Crippen LogP contribution is 2.25. The van der Waals surface area contributed by atoms with Gasteiger partial charge < -0.3 is 5.11 Å². The Balaban J connectivity index is 2.55. The summed E-state index contributed by atoms with van der Waals surface area (Å²) in [7, 11) is 0. The first kappa shape index (κ1) is 12.7. The smallest absolute Gasteiger partial charge is 0.151 e. The molecule has 6 heteroatoms. The standard InChI is InChI=1S/C11H9BrClFN2O/c12-7-4-6(14)5-9-10(7)16-11(13)8(15-9)2-1-3-17/h4-5,17H,1-3H2. The Morgan fingerprint density at radius 2 is 2.12 bits per heavy atom. The van der Waals surface area contributed by atoms with E-state index in [0.717, 1.165) is 0 Å². The van der Waals surface area contributed by atoms with Gasteiger partial charge in [0.2, 0.25) is 0 Å². The lowest BCUT2D eigenvalue weighted by atomic mass is 10.2. The molecular weight excluding hydrogens is 310 g/mol. The van der Waals surface area contributed by atoms with Crippen molar-refractivity contribution >= 4 is 38.6 Å². The quantitative estimate of drug-likeness (QED) is 0.945. The van der Waals surface area contributed by atoms with Gasteiger partial charge in [-0.05, 0) is 34.8 Å². The summed E-state index contributed by atoms with van der Waals surface area (Å²) < 4.78 is 13.7. The van der Waals surface area contributed by atoms with E-state index >= 15 is 0 Å². The highest BCUT2D eigenvalue weighted by atomic mass is 79.9. The van der Waals surface area contributed by atoms with Crippen LogP contribution in [-0.2, 0) is 6.42 Å². The monoisotopic (exact) mass is 318 g/mol. The van der Waals surface area contributed by atoms with Crippen molar-refractivity contribution < 1.29 is 9.50 Å². The number of aliphatic hydroxyl groups is 1. The van der Waals surface area contributed by atoms with E-state index in [4.69, 9.17) is 16.7 Å². The van der Waals surface area contributed by atoms with Crippen LogP contribution in [0.1, 0.15) is 12.1 Å². The zero-order valence-electron chi connectivity index (χ0n) is 8.75. The van der Waals surface area contributed by atoms with E-state index in [1.54, 1.807) is 0 Å². The topological polar surface area (TPSA) is 46.0 Å². The minimum atomic E-state index is -0.380. The molecule has 17 heavy (non-hydrogen) atoms. The van der Waals surface area contributed by atoms with Gasteiger partial charge in [-0.15, -0.1) is 0 Å². The SMILES string of the molecule is OCCCc1nc2cc(F)cc(Br)c2nc1Cl. The molecule has 0 aliphatic carbocycles. The largest absolute Gasteiger partial charge is 0.396 e. The predicted octanol–water partition coefficient (Wildman–Crippen LogP) is 3.11. The van der Waals surface area contributed by atoms with Crippen LogP contribution in [-0.4, -0.2) is 21.7 Å². The molecule has 1 heterocycles. The second-order valence-corrected chi connectivity index (χ2v) is 4.76. The van der Waals surface area contributed by atoms with Crippen LogP contribution in [0.2, 0.25) is 5.15 Å². The van der Waals surface area contributed by atoms with Crippen molar-refractivity contribution in [2.75, 3.05) is 6.61 Å². The highest BCUT2D eigenvalue weighted by Gasteiger charge is 2.10. The summed E-state index contributed by atoms with van der Waals surface area (Å²) in [5.74, 6) is -0.380. The second-order valence-electron chi connectivity index (χ2n) is 3.54. The predicted molar refractivity (Wildman–Crippen MR) is 67.6 cm³/mol. The fourth-order valence-corrected chi connectivity index (χ4v) is 2.24. The van der Waals surface area contributed by atoms with Gasteiger partial charge in [-0.3, -0.25) is 0 Å². The minimum absolute atomic E-state index is 0.0584. The molecule has 3 nitrogen and oxygen atoms in total. The first-order valence-corrected chi connectivity index (χ1v) is 6.21. The Kier molecular flexibility index (Phi) is 3.91. The molecule has 2 aromatic rings. The first-order chi connectivity index (χ1) is 8.11. The van der Waals surface area contributed by atoms with Gasteiger partial charge in [0, 0.05) is 17.1 Å². The summed E-state index contributed by atoms with van der Waals surface area (Å²) in [6.07, 6.45) is 1.07. The van der Waals surface area contributed by atoms with Crippen LogP contribution in [0.5, 0.6) is 0 Å². The number of fused-ring (bicyclic) bond motifs is 1. The van der Waals surface area contributed by atoms with E-state index in [1.165, 1.54) is 12.1 Å². The van der Waals surface area contributed by atoms with Gasteiger partial charge in [-0.25, -0.2) is 14.4 Å². The number of benzene rings is 1. The summed E-state index contributed by atoms with van der Waals surface area (Å²) in [5.41, 5.74) is 1.56. The van der Waals surface area contributed by atoms with Crippen LogP contribution in [0.4, 0.5) is 4.39 Å². The molecule has 90 valence electrons. The van der Waals surface area contributed by atoms with E-state index < -0.39 is 0 Å². The zero-order valence-corrected chi connectivity index (χ0v) is 11.1. The van der Waals surface area contributed by atoms with E-state index in [9.17, 15) is 4.39 Å². The van der Waals surface area contributed by atoms with E-state index in [-0.39, 0.29) is 12.4 Å². The molecule has 0 aliphatic heterocycles. The Hall–Kier alpha value is -0.780. The Labute approximate surface area is 111 Å². The van der Waals surface area contributed by atoms with Gasteiger partial charge >= 0.3 is 0 Å². The number of halogens is 3. The molecule has 1 aromatic carbocycles. The molecule has 0 saturated carbocycles. The van der Waals surface area contributed by atoms with Crippen molar-refractivity contribution in [3.8, 4) is 0 Å². The number of aromatic nitrogens is 2. The van der Waals surface area contributed by atoms with Gasteiger partial charge in [0.1, 0.15) is 11.3 Å². The van der Waals surface area contributed by atoms with Crippen LogP contribution in [0.3, 0.4) is 0 Å². The van der Waals surface area contributed by atoms with Crippen LogP contribution in [0.15, 0.2) is 16.6 Å². The van der Waals surface area contributed by atoms with E-state index in [2.05, 4.69) is 25.9 Å². The van der Waals surface area contributed by atoms with Crippen LogP contribution >= 0.6 is 27.5 Å². The fraction of sp³-hybridized carbons (Fsp3) is 0.273. The third-order valence-electron chi connectivity index (χ3n) is 2.28. The van der Waals surface area contributed by atoms with Crippen molar-refractivity contribution in [2.45, 2.75) is 12.8 Å². The summed E-state index contributed by atoms with van der Waals surface area (Å²) in [4.78, 5) is 8.44. The summed E-state index contributed by atoms with van der Waals surface area (Å²) in [6, 6.07) is 2.63. The van der Waals surface area contributed by atoms with Crippen molar-refractivity contribution in [3.05, 3.63) is 33.3 Å². The third kappa shape index (κ3) is 2.73. The maximum Gasteiger partial charge on any atom is 0.151 e. The molecule has 0 spiro atoms. The molecular formula is C11H9BrClFN2O. The molecule has 0 unspecified atom stereocenters. The van der Waals surface area contributed by atoms with Gasteiger partial charge in [0.05, 0.1) is 11.2 Å². The molecule has 1 N–H and O–H groups in total. The van der Waals surface area contributed by atoms with Crippen molar-refractivity contribution in [1.29, 1.82) is 0 Å². The third-order valence-corrected chi connectivity index (χ3v) is 3.19. The number of rotatable bonds is 3. The Morgan fingerprint density at radius 1 is 1.35 bits per heavy atom. The number of nitrogens with zero attached hydrogens (tertiary/aromatic N) is 2. The first-order valence-electron chi connectivity index (χ1n) is 5.04. The van der Waals surface area contributed by atoms with Gasteiger partial charge in [0.25, 0.3) is 0 Å². The molecule has 0 saturated heterocycles. The van der Waals surface area contributed by atoms with Crippen molar-refractivity contribution in [3.63, 3.8) is 0 Å². The van der Waals surface area contributed by atoms with Gasteiger partial charge in [-0.1, -0.05) is 11.6 Å². The molecule has 0 bridgehead atoms. The Bertz CT molecular complexity index is 565. The maximum absolute atomic E-state index is 13.2. The fourth-order valence-electron chi connectivity index (χ4n) is 1.51. The van der Waals surface area contributed by atoms with Crippen molar-refractivity contribution in [2.24, 2.45) is 0 Å². The van der Waals surface area contributed by atoms with Gasteiger partial charge in [-0.2, -0.15) is 0 Å². The Morgan fingerprint density at radius 3 is 2.82 bits per heavy atom. The lowest BCUT2D eigenvalue weighted by Crippen LogP contribution is -1.98. The number of aryl methyl sites for hydroxylation is 1. The van der Waals surface area contributed by atoms with E-state index in [0.29, 0.717) is 39.2 Å². The maximum atomic E-state index is 13.2. The second kappa shape index (κ2) is 5.25. The van der Waals surface area contributed by atoms with Crippen molar-refractivity contribution in [1.82, 2.24) is 9.97 Å². The average molecular weight is 320 g/mol. The molecule has 1 aromatic heterocycles. The highest BCUT2D eigenvalue weighted by molar-refractivity contribution is 9.10. The van der Waals surface area contributed by atoms with Crippen LogP contribution in [0.25, 0.3) is 11.0 Å². The summed E-state index contributed by atoms with van der Waals surface area (Å²) in [5, 5.41) is 9.05. The number of hydrogen-bond acceptors (Lipinski definition) is 3. The summed E-state index contributed by atoms with van der Waals surface area (Å²) >= 11 is 9.20. The normalized spacial score (nSPS) is 11.1. The molecule has 0 amide bonds. The molecule has 0 fully saturated rings. The number of aliphatic hydroxyl groups excluding tert-OH is 1. The summed E-state index contributed by atoms with van der Waals surface area (Å²) in [6.45, 7) is 0.0584. The molecule has 0 radical (unpaired) electrons. The minimum Gasteiger partial charge on any atom is -0.396 e. The van der Waals surface area contributed by atoms with Gasteiger partial charge in [0.15, 0.2) is 5.15 Å². The molecule has 0 atom stereocenters. The molecule has 2 rings (SSSR count). The van der Waals surface area contributed by atoms with Crippen LogP contribution in [0, 0.1) is 5.82 Å². The zero-order chi connectivity index (χ0) is 12.4. The lowest BCUT2D eigenvalue weighted by molar-refractivity contribution is 0.288. The van der Waals surface area contributed by atoms with E-state index in [1.807, 2.05) is 0 Å². The molecule has 0 aliphatic rings. The lowest BCUT2D eigenvalue weighted by Gasteiger charge is -2.05. The number of hydrogen-bond donors (Lipinski definition) is 1.